The van der Waals surface area contributed by atoms with Crippen LogP contribution >= 0.6 is 22.6 Å². The fourth-order valence-electron chi connectivity index (χ4n) is 1.76. The Labute approximate surface area is 109 Å². The molecule has 0 aromatic heterocycles. The second-order valence-electron chi connectivity index (χ2n) is 3.63. The molecule has 0 aliphatic rings. The van der Waals surface area contributed by atoms with Crippen molar-refractivity contribution in [2.45, 2.75) is 6.92 Å². The smallest absolute Gasteiger partial charge is 0.223 e. The summed E-state index contributed by atoms with van der Waals surface area (Å²) < 4.78 is 0.0800. The van der Waals surface area contributed by atoms with Gasteiger partial charge in [0.1, 0.15) is 0 Å². The molecule has 1 nitrogen and oxygen atoms in total. The second-order valence-corrected chi connectivity index (χ2v) is 4.61. The lowest BCUT2D eigenvalue weighted by Gasteiger charge is -2.08. The zero-order chi connectivity index (χ0) is 11.5. The van der Waals surface area contributed by atoms with Crippen LogP contribution in [0.2, 0.25) is 0 Å². The molecule has 0 unspecified atom stereocenters. The summed E-state index contributed by atoms with van der Waals surface area (Å²) in [6.07, 6.45) is 0. The van der Waals surface area contributed by atoms with Crippen molar-refractivity contribution in [2.24, 2.45) is 0 Å². The van der Waals surface area contributed by atoms with E-state index in [1.54, 1.807) is 0 Å². The van der Waals surface area contributed by atoms with Crippen molar-refractivity contribution in [1.82, 2.24) is 0 Å². The number of rotatable bonds is 2. The maximum absolute atomic E-state index is 11.5. The molecule has 16 heavy (non-hydrogen) atoms. The summed E-state index contributed by atoms with van der Waals surface area (Å²) in [4.78, 5) is 11.5. The van der Waals surface area contributed by atoms with Gasteiger partial charge in [0.2, 0.25) is 3.79 Å². The van der Waals surface area contributed by atoms with Crippen LogP contribution in [0.4, 0.5) is 0 Å². The van der Waals surface area contributed by atoms with E-state index in [9.17, 15) is 4.79 Å². The molecule has 80 valence electrons. The minimum atomic E-state index is 0.0800. The largest absolute Gasteiger partial charge is 0.282 e. The summed E-state index contributed by atoms with van der Waals surface area (Å²) >= 11 is 1.83. The SMILES string of the molecule is Cc1ccccc1-c1ccccc1C(=O)I. The van der Waals surface area contributed by atoms with Crippen LogP contribution in [0.25, 0.3) is 11.1 Å². The Morgan fingerprint density at radius 3 is 2.12 bits per heavy atom. The molecule has 0 aliphatic heterocycles. The minimum absolute atomic E-state index is 0.0800. The molecular weight excluding hydrogens is 311 g/mol. The molecule has 0 saturated heterocycles. The summed E-state index contributed by atoms with van der Waals surface area (Å²) in [5, 5.41) is 0. The molecule has 2 rings (SSSR count). The monoisotopic (exact) mass is 322 g/mol. The average molecular weight is 322 g/mol. The van der Waals surface area contributed by atoms with E-state index in [1.165, 1.54) is 5.56 Å². The molecule has 0 aliphatic carbocycles. The van der Waals surface area contributed by atoms with E-state index < -0.39 is 0 Å². The van der Waals surface area contributed by atoms with Crippen LogP contribution < -0.4 is 0 Å². The first-order chi connectivity index (χ1) is 7.70. The lowest BCUT2D eigenvalue weighted by Crippen LogP contribution is -1.93. The number of hydrogen-bond acceptors (Lipinski definition) is 1. The van der Waals surface area contributed by atoms with Gasteiger partial charge >= 0.3 is 0 Å². The van der Waals surface area contributed by atoms with Gasteiger partial charge in [-0.3, -0.25) is 4.79 Å². The highest BCUT2D eigenvalue weighted by Crippen LogP contribution is 2.27. The van der Waals surface area contributed by atoms with Gasteiger partial charge in [0.25, 0.3) is 0 Å². The number of benzene rings is 2. The lowest BCUT2D eigenvalue weighted by atomic mass is 9.97. The molecule has 2 aromatic carbocycles. The molecule has 0 spiro atoms. The number of aryl methyl sites for hydroxylation is 1. The van der Waals surface area contributed by atoms with Crippen molar-refractivity contribution < 1.29 is 4.79 Å². The third-order valence-electron chi connectivity index (χ3n) is 2.57. The van der Waals surface area contributed by atoms with Gasteiger partial charge in [-0.15, -0.1) is 0 Å². The van der Waals surface area contributed by atoms with E-state index in [0.717, 1.165) is 16.7 Å². The molecule has 0 fully saturated rings. The Balaban J connectivity index is 2.65. The molecule has 0 atom stereocenters. The molecule has 2 heteroatoms. The van der Waals surface area contributed by atoms with Crippen LogP contribution in [0.3, 0.4) is 0 Å². The first-order valence-corrected chi connectivity index (χ1v) is 6.13. The predicted molar refractivity (Wildman–Crippen MR) is 75.0 cm³/mol. The summed E-state index contributed by atoms with van der Waals surface area (Å²) in [7, 11) is 0. The number of carbonyl (C=O) groups is 1. The maximum Gasteiger partial charge on any atom is 0.223 e. The van der Waals surface area contributed by atoms with Gasteiger partial charge in [0, 0.05) is 28.2 Å². The quantitative estimate of drug-likeness (QED) is 0.597. The highest BCUT2D eigenvalue weighted by molar-refractivity contribution is 14.1. The molecule has 2 aromatic rings. The van der Waals surface area contributed by atoms with Crippen LogP contribution in [-0.2, 0) is 0 Å². The second kappa shape index (κ2) is 4.78. The third kappa shape index (κ3) is 2.16. The van der Waals surface area contributed by atoms with Gasteiger partial charge in [-0.1, -0.05) is 42.5 Å². The zero-order valence-electron chi connectivity index (χ0n) is 8.91. The van der Waals surface area contributed by atoms with Gasteiger partial charge < -0.3 is 0 Å². The van der Waals surface area contributed by atoms with Crippen molar-refractivity contribution in [2.75, 3.05) is 0 Å². The standard InChI is InChI=1S/C14H11IO/c1-10-6-2-3-7-11(10)12-8-4-5-9-13(12)14(15)16/h2-9H,1H3. The first kappa shape index (κ1) is 11.3. The first-order valence-electron chi connectivity index (χ1n) is 5.05. The van der Waals surface area contributed by atoms with Crippen LogP contribution in [0.15, 0.2) is 48.5 Å². The zero-order valence-corrected chi connectivity index (χ0v) is 11.1. The number of halogens is 1. The van der Waals surface area contributed by atoms with Crippen molar-refractivity contribution >= 4 is 26.4 Å². The number of hydrogen-bond donors (Lipinski definition) is 0. The summed E-state index contributed by atoms with van der Waals surface area (Å²) in [5.41, 5.74) is 4.10. The molecule has 0 bridgehead atoms. The fourth-order valence-corrected chi connectivity index (χ4v) is 2.23. The van der Waals surface area contributed by atoms with Gasteiger partial charge in [-0.05, 0) is 29.7 Å². The summed E-state index contributed by atoms with van der Waals surface area (Å²) in [6.45, 7) is 2.06. The molecule has 0 amide bonds. The van der Waals surface area contributed by atoms with Crippen molar-refractivity contribution in [3.63, 3.8) is 0 Å². The van der Waals surface area contributed by atoms with Gasteiger partial charge in [0.15, 0.2) is 0 Å². The molecule has 0 heterocycles. The van der Waals surface area contributed by atoms with Crippen molar-refractivity contribution in [3.05, 3.63) is 59.7 Å². The summed E-state index contributed by atoms with van der Waals surface area (Å²) in [5.74, 6) is 0. The Bertz CT molecular complexity index is 532. The Morgan fingerprint density at radius 2 is 1.50 bits per heavy atom. The highest BCUT2D eigenvalue weighted by Gasteiger charge is 2.10. The third-order valence-corrected chi connectivity index (χ3v) is 3.16. The van der Waals surface area contributed by atoms with Crippen LogP contribution in [0.1, 0.15) is 15.9 Å². The van der Waals surface area contributed by atoms with Crippen LogP contribution in [0.5, 0.6) is 0 Å². The minimum Gasteiger partial charge on any atom is -0.282 e. The van der Waals surface area contributed by atoms with E-state index in [2.05, 4.69) is 13.0 Å². The predicted octanol–water partition coefficient (Wildman–Crippen LogP) is 4.24. The van der Waals surface area contributed by atoms with Crippen molar-refractivity contribution in [3.8, 4) is 11.1 Å². The van der Waals surface area contributed by atoms with E-state index >= 15 is 0 Å². The van der Waals surface area contributed by atoms with E-state index in [4.69, 9.17) is 0 Å². The van der Waals surface area contributed by atoms with Crippen LogP contribution in [-0.4, -0.2) is 3.79 Å². The van der Waals surface area contributed by atoms with Crippen molar-refractivity contribution in [1.29, 1.82) is 0 Å². The summed E-state index contributed by atoms with van der Waals surface area (Å²) in [6, 6.07) is 15.8. The van der Waals surface area contributed by atoms with Gasteiger partial charge in [0.05, 0.1) is 0 Å². The molecule has 0 N–H and O–H groups in total. The van der Waals surface area contributed by atoms with Crippen LogP contribution in [0, 0.1) is 6.92 Å². The van der Waals surface area contributed by atoms with E-state index in [0.29, 0.717) is 0 Å². The Hall–Kier alpha value is -1.16. The average Bonchev–Trinajstić information content (AvgIpc) is 2.29. The van der Waals surface area contributed by atoms with Gasteiger partial charge in [-0.25, -0.2) is 0 Å². The van der Waals surface area contributed by atoms with Gasteiger partial charge in [-0.2, -0.15) is 0 Å². The molecule has 0 saturated carbocycles. The Morgan fingerprint density at radius 1 is 0.938 bits per heavy atom. The lowest BCUT2D eigenvalue weighted by molar-refractivity contribution is 0.110. The topological polar surface area (TPSA) is 17.1 Å². The highest BCUT2D eigenvalue weighted by atomic mass is 127. The van der Waals surface area contributed by atoms with E-state index in [1.807, 2.05) is 65.1 Å². The molecule has 0 radical (unpaired) electrons. The number of carbonyl (C=O) groups excluding carboxylic acids is 1. The normalized spacial score (nSPS) is 10.1. The maximum atomic E-state index is 11.5. The van der Waals surface area contributed by atoms with E-state index in [-0.39, 0.29) is 3.79 Å². The molecular formula is C14H11IO. The Kier molecular flexibility index (Phi) is 3.39. The fraction of sp³-hybridized carbons (Fsp3) is 0.0714.